The van der Waals surface area contributed by atoms with Crippen LogP contribution in [0.3, 0.4) is 0 Å². The largest absolute Gasteiger partial charge is 0.497 e. The van der Waals surface area contributed by atoms with Crippen LogP contribution in [0.2, 0.25) is 0 Å². The average Bonchev–Trinajstić information content (AvgIpc) is 3.06. The molecular weight excluding hydrogens is 348 g/mol. The maximum absolute atomic E-state index is 12.4. The summed E-state index contributed by atoms with van der Waals surface area (Å²) in [5.74, 6) is 0.413. The predicted octanol–water partition coefficient (Wildman–Crippen LogP) is 3.66. The van der Waals surface area contributed by atoms with Gasteiger partial charge in [-0.2, -0.15) is 0 Å². The van der Waals surface area contributed by atoms with E-state index < -0.39 is 0 Å². The van der Waals surface area contributed by atoms with Gasteiger partial charge >= 0.3 is 5.97 Å². The first kappa shape index (κ1) is 18.2. The third-order valence-corrected chi connectivity index (χ3v) is 5.31. The highest BCUT2D eigenvalue weighted by molar-refractivity contribution is 7.21. The zero-order valence-corrected chi connectivity index (χ0v) is 15.7. The molecule has 1 heterocycles. The van der Waals surface area contributed by atoms with Gasteiger partial charge in [0.25, 0.3) is 0 Å². The summed E-state index contributed by atoms with van der Waals surface area (Å²) >= 11 is 1.43. The molecule has 2 aromatic carbocycles. The number of esters is 1. The van der Waals surface area contributed by atoms with E-state index in [9.17, 15) is 4.79 Å². The van der Waals surface area contributed by atoms with Crippen LogP contribution in [-0.2, 0) is 11.3 Å². The molecule has 0 bridgehead atoms. The molecule has 3 rings (SSSR count). The van der Waals surface area contributed by atoms with E-state index in [4.69, 9.17) is 15.2 Å². The standard InChI is InChI=1S/C20H22N2O3S/c1-24-15-8-9-17-16(12-15)18(19(26-17)20(23)25-2)22(11-10-21)13-14-6-4-3-5-7-14/h3-9,12H,10-11,13,21H2,1-2H3. The van der Waals surface area contributed by atoms with Crippen molar-refractivity contribution >= 4 is 33.1 Å². The average molecular weight is 370 g/mol. The Labute approximate surface area is 156 Å². The molecular formula is C20H22N2O3S. The SMILES string of the molecule is COC(=O)c1sc2ccc(OC)cc2c1N(CCN)Cc1ccccc1. The summed E-state index contributed by atoms with van der Waals surface area (Å²) in [5, 5.41) is 0.971. The van der Waals surface area contributed by atoms with Gasteiger partial charge in [-0.25, -0.2) is 4.79 Å². The molecule has 0 radical (unpaired) electrons. The Morgan fingerprint density at radius 2 is 1.92 bits per heavy atom. The summed E-state index contributed by atoms with van der Waals surface area (Å²) < 4.78 is 11.4. The topological polar surface area (TPSA) is 64.8 Å². The van der Waals surface area contributed by atoms with Crippen molar-refractivity contribution in [3.8, 4) is 5.75 Å². The minimum atomic E-state index is -0.338. The van der Waals surface area contributed by atoms with Crippen LogP contribution in [0.5, 0.6) is 5.75 Å². The molecule has 0 fully saturated rings. The van der Waals surface area contributed by atoms with E-state index >= 15 is 0 Å². The van der Waals surface area contributed by atoms with E-state index in [2.05, 4.69) is 17.0 Å². The molecule has 6 heteroatoms. The van der Waals surface area contributed by atoms with E-state index in [0.29, 0.717) is 24.5 Å². The monoisotopic (exact) mass is 370 g/mol. The fourth-order valence-electron chi connectivity index (χ4n) is 2.97. The molecule has 2 N–H and O–H groups in total. The fraction of sp³-hybridized carbons (Fsp3) is 0.250. The van der Waals surface area contributed by atoms with Crippen molar-refractivity contribution in [2.24, 2.45) is 5.73 Å². The van der Waals surface area contributed by atoms with Crippen LogP contribution in [0.15, 0.2) is 48.5 Å². The van der Waals surface area contributed by atoms with Gasteiger partial charge in [0.1, 0.15) is 10.6 Å². The van der Waals surface area contributed by atoms with Gasteiger partial charge in [0.05, 0.1) is 19.9 Å². The molecule has 3 aromatic rings. The van der Waals surface area contributed by atoms with E-state index in [0.717, 1.165) is 27.1 Å². The van der Waals surface area contributed by atoms with Crippen LogP contribution in [-0.4, -0.2) is 33.3 Å². The lowest BCUT2D eigenvalue weighted by Gasteiger charge is -2.25. The van der Waals surface area contributed by atoms with E-state index in [-0.39, 0.29) is 5.97 Å². The van der Waals surface area contributed by atoms with Crippen molar-refractivity contribution in [3.63, 3.8) is 0 Å². The lowest BCUT2D eigenvalue weighted by molar-refractivity contribution is 0.0607. The first-order valence-electron chi connectivity index (χ1n) is 8.35. The number of nitrogens with two attached hydrogens (primary N) is 1. The maximum Gasteiger partial charge on any atom is 0.350 e. The number of methoxy groups -OCH3 is 2. The molecule has 0 aliphatic carbocycles. The third kappa shape index (κ3) is 3.66. The smallest absolute Gasteiger partial charge is 0.350 e. The van der Waals surface area contributed by atoms with Gasteiger partial charge in [0, 0.05) is 29.7 Å². The number of carbonyl (C=O) groups excluding carboxylic acids is 1. The highest BCUT2D eigenvalue weighted by atomic mass is 32.1. The van der Waals surface area contributed by atoms with Crippen molar-refractivity contribution in [3.05, 3.63) is 59.0 Å². The van der Waals surface area contributed by atoms with Crippen molar-refractivity contribution in [1.29, 1.82) is 0 Å². The molecule has 0 saturated carbocycles. The van der Waals surface area contributed by atoms with Crippen LogP contribution in [0.4, 0.5) is 5.69 Å². The molecule has 0 amide bonds. The highest BCUT2D eigenvalue weighted by Gasteiger charge is 2.24. The van der Waals surface area contributed by atoms with Gasteiger partial charge < -0.3 is 20.1 Å². The molecule has 0 aliphatic heterocycles. The normalized spacial score (nSPS) is 10.7. The molecule has 0 aliphatic rings. The number of thiophene rings is 1. The van der Waals surface area contributed by atoms with Crippen LogP contribution in [0, 0.1) is 0 Å². The summed E-state index contributed by atoms with van der Waals surface area (Å²) in [6, 6.07) is 16.0. The Bertz CT molecular complexity index is 893. The van der Waals surface area contributed by atoms with Crippen molar-refractivity contribution in [1.82, 2.24) is 0 Å². The Kier molecular flexibility index (Phi) is 5.75. The van der Waals surface area contributed by atoms with Crippen LogP contribution < -0.4 is 15.4 Å². The molecule has 26 heavy (non-hydrogen) atoms. The molecule has 0 atom stereocenters. The lowest BCUT2D eigenvalue weighted by atomic mass is 10.1. The number of ether oxygens (including phenoxy) is 2. The third-order valence-electron chi connectivity index (χ3n) is 4.17. The first-order chi connectivity index (χ1) is 12.7. The lowest BCUT2D eigenvalue weighted by Crippen LogP contribution is -2.30. The van der Waals surface area contributed by atoms with E-state index in [1.807, 2.05) is 36.4 Å². The predicted molar refractivity (Wildman–Crippen MR) is 106 cm³/mol. The summed E-state index contributed by atoms with van der Waals surface area (Å²) in [6.07, 6.45) is 0. The number of anilines is 1. The molecule has 136 valence electrons. The van der Waals surface area contributed by atoms with Gasteiger partial charge in [-0.05, 0) is 23.8 Å². The second kappa shape index (κ2) is 8.21. The highest BCUT2D eigenvalue weighted by Crippen LogP contribution is 2.41. The van der Waals surface area contributed by atoms with Crippen molar-refractivity contribution in [2.75, 3.05) is 32.2 Å². The van der Waals surface area contributed by atoms with Gasteiger partial charge in [-0.1, -0.05) is 30.3 Å². The molecule has 0 spiro atoms. The van der Waals surface area contributed by atoms with Gasteiger partial charge in [0.15, 0.2) is 0 Å². The van der Waals surface area contributed by atoms with Crippen molar-refractivity contribution < 1.29 is 14.3 Å². The van der Waals surface area contributed by atoms with Gasteiger partial charge in [0.2, 0.25) is 0 Å². The zero-order chi connectivity index (χ0) is 18.5. The second-order valence-corrected chi connectivity index (χ2v) is 6.88. The minimum absolute atomic E-state index is 0.338. The fourth-order valence-corrected chi connectivity index (χ4v) is 4.09. The second-order valence-electron chi connectivity index (χ2n) is 5.83. The molecule has 0 unspecified atom stereocenters. The number of hydrogen-bond donors (Lipinski definition) is 1. The van der Waals surface area contributed by atoms with Gasteiger partial charge in [-0.15, -0.1) is 11.3 Å². The Morgan fingerprint density at radius 1 is 1.15 bits per heavy atom. The van der Waals surface area contributed by atoms with E-state index in [1.165, 1.54) is 18.4 Å². The number of carbonyl (C=O) groups is 1. The van der Waals surface area contributed by atoms with Gasteiger partial charge in [-0.3, -0.25) is 0 Å². The molecule has 1 aromatic heterocycles. The van der Waals surface area contributed by atoms with Crippen LogP contribution >= 0.6 is 11.3 Å². The minimum Gasteiger partial charge on any atom is -0.497 e. The number of fused-ring (bicyclic) bond motifs is 1. The molecule has 5 nitrogen and oxygen atoms in total. The zero-order valence-electron chi connectivity index (χ0n) is 14.9. The van der Waals surface area contributed by atoms with E-state index in [1.54, 1.807) is 7.11 Å². The summed E-state index contributed by atoms with van der Waals surface area (Å²) in [6.45, 7) is 1.77. The Balaban J connectivity index is 2.15. The maximum atomic E-state index is 12.4. The number of nitrogens with zero attached hydrogens (tertiary/aromatic N) is 1. The summed E-state index contributed by atoms with van der Waals surface area (Å²) in [4.78, 5) is 15.1. The summed E-state index contributed by atoms with van der Waals surface area (Å²) in [5.41, 5.74) is 7.87. The van der Waals surface area contributed by atoms with Crippen molar-refractivity contribution in [2.45, 2.75) is 6.54 Å². The Morgan fingerprint density at radius 3 is 2.58 bits per heavy atom. The Hall–Kier alpha value is -2.57. The number of benzene rings is 2. The first-order valence-corrected chi connectivity index (χ1v) is 9.17. The number of rotatable bonds is 7. The summed E-state index contributed by atoms with van der Waals surface area (Å²) in [7, 11) is 3.04. The quantitative estimate of drug-likeness (QED) is 0.643. The molecule has 0 saturated heterocycles. The number of hydrogen-bond acceptors (Lipinski definition) is 6. The van der Waals surface area contributed by atoms with Crippen LogP contribution in [0.1, 0.15) is 15.2 Å². The van der Waals surface area contributed by atoms with Crippen LogP contribution in [0.25, 0.3) is 10.1 Å².